The van der Waals surface area contributed by atoms with Gasteiger partial charge < -0.3 is 15.0 Å². The third-order valence-corrected chi connectivity index (χ3v) is 3.71. The molecule has 0 spiro atoms. The van der Waals surface area contributed by atoms with Gasteiger partial charge in [-0.3, -0.25) is 4.79 Å². The summed E-state index contributed by atoms with van der Waals surface area (Å²) in [5, 5.41) is 12.0. The van der Waals surface area contributed by atoms with Crippen LogP contribution in [0.2, 0.25) is 0 Å². The largest absolute Gasteiger partial charge is 0.481 e. The molecule has 0 aliphatic rings. The van der Waals surface area contributed by atoms with Gasteiger partial charge >= 0.3 is 5.97 Å². The number of carbonyl (C=O) groups is 1. The summed E-state index contributed by atoms with van der Waals surface area (Å²) in [6.07, 6.45) is 5.14. The van der Waals surface area contributed by atoms with E-state index >= 15 is 0 Å². The number of nitrogens with zero attached hydrogens (tertiary/aromatic N) is 4. The van der Waals surface area contributed by atoms with Crippen LogP contribution >= 0.6 is 0 Å². The predicted molar refractivity (Wildman–Crippen MR) is 95.1 cm³/mol. The first-order valence-corrected chi connectivity index (χ1v) is 8.07. The number of carboxylic acid groups (broad SMARTS) is 1. The Balaban J connectivity index is 2.04. The molecule has 0 amide bonds. The van der Waals surface area contributed by atoms with Crippen molar-refractivity contribution in [1.29, 1.82) is 0 Å². The predicted octanol–water partition coefficient (Wildman–Crippen LogP) is 2.91. The molecule has 2 N–H and O–H groups in total. The van der Waals surface area contributed by atoms with Crippen molar-refractivity contribution < 1.29 is 9.90 Å². The second kappa shape index (κ2) is 7.57. The van der Waals surface area contributed by atoms with E-state index in [0.717, 1.165) is 29.1 Å². The summed E-state index contributed by atoms with van der Waals surface area (Å²) in [7, 11) is 0. The third kappa shape index (κ3) is 3.82. The van der Waals surface area contributed by atoms with Crippen molar-refractivity contribution in [1.82, 2.24) is 19.5 Å². The lowest BCUT2D eigenvalue weighted by Crippen LogP contribution is -2.06. The van der Waals surface area contributed by atoms with E-state index in [1.165, 1.54) is 0 Å². The first-order valence-electron chi connectivity index (χ1n) is 8.07. The van der Waals surface area contributed by atoms with E-state index in [2.05, 4.69) is 20.3 Å². The molecule has 0 radical (unpaired) electrons. The van der Waals surface area contributed by atoms with Crippen LogP contribution in [0.3, 0.4) is 0 Å². The fourth-order valence-electron chi connectivity index (χ4n) is 2.58. The van der Waals surface area contributed by atoms with E-state index in [4.69, 9.17) is 5.11 Å². The molecule has 0 saturated carbocycles. The summed E-state index contributed by atoms with van der Waals surface area (Å²) in [6.45, 7) is 3.05. The number of aryl methyl sites for hydroxylation is 1. The minimum Gasteiger partial charge on any atom is -0.481 e. The number of rotatable bonds is 7. The zero-order valence-electron chi connectivity index (χ0n) is 13.9. The van der Waals surface area contributed by atoms with Gasteiger partial charge in [0.1, 0.15) is 0 Å². The second-order valence-corrected chi connectivity index (χ2v) is 5.47. The number of nitrogens with one attached hydrogen (secondary N) is 1. The van der Waals surface area contributed by atoms with Gasteiger partial charge in [-0.05, 0) is 6.92 Å². The van der Waals surface area contributed by atoms with Gasteiger partial charge in [-0.2, -0.15) is 0 Å². The van der Waals surface area contributed by atoms with Gasteiger partial charge in [0.25, 0.3) is 0 Å². The normalized spacial score (nSPS) is 10.6. The number of aromatic nitrogens is 4. The third-order valence-electron chi connectivity index (χ3n) is 3.71. The number of anilines is 1. The van der Waals surface area contributed by atoms with E-state index in [-0.39, 0.29) is 6.42 Å². The van der Waals surface area contributed by atoms with Crippen LogP contribution in [0.15, 0.2) is 49.1 Å². The first kappa shape index (κ1) is 16.6. The molecular weight excluding hydrogens is 318 g/mol. The average Bonchev–Trinajstić information content (AvgIpc) is 3.05. The maximum atomic E-state index is 10.9. The van der Waals surface area contributed by atoms with Crippen LogP contribution in [0.1, 0.15) is 13.3 Å². The highest BCUT2D eigenvalue weighted by atomic mass is 16.4. The summed E-state index contributed by atoms with van der Waals surface area (Å²) >= 11 is 0. The highest BCUT2D eigenvalue weighted by Gasteiger charge is 2.16. The van der Waals surface area contributed by atoms with Crippen LogP contribution < -0.4 is 5.32 Å². The zero-order valence-corrected chi connectivity index (χ0v) is 13.9. The summed E-state index contributed by atoms with van der Waals surface area (Å²) in [6, 6.07) is 9.78. The Morgan fingerprint density at radius 2 is 1.84 bits per heavy atom. The standard InChI is InChI=1S/C18H19N5O2/c1-2-19-18-20-10-14(11-21-18)17-16(13-6-4-3-5-7-13)22-12-23(17)9-8-15(24)25/h3-7,10-12H,2,8-9H2,1H3,(H,24,25)(H,19,20,21). The molecule has 0 saturated heterocycles. The molecule has 128 valence electrons. The molecule has 7 heteroatoms. The molecule has 0 fully saturated rings. The Hall–Kier alpha value is -3.22. The highest BCUT2D eigenvalue weighted by molar-refractivity contribution is 5.78. The van der Waals surface area contributed by atoms with E-state index in [1.54, 1.807) is 18.7 Å². The quantitative estimate of drug-likeness (QED) is 0.688. The maximum Gasteiger partial charge on any atom is 0.305 e. The highest BCUT2D eigenvalue weighted by Crippen LogP contribution is 2.30. The average molecular weight is 337 g/mol. The molecule has 0 aliphatic carbocycles. The Bertz CT molecular complexity index is 844. The molecule has 3 rings (SSSR count). The second-order valence-electron chi connectivity index (χ2n) is 5.47. The van der Waals surface area contributed by atoms with Crippen molar-refractivity contribution in [2.45, 2.75) is 19.9 Å². The Labute approximate surface area is 145 Å². The van der Waals surface area contributed by atoms with Crippen LogP contribution in [0, 0.1) is 0 Å². The number of imidazole rings is 1. The number of benzene rings is 1. The van der Waals surface area contributed by atoms with Gasteiger partial charge in [-0.25, -0.2) is 15.0 Å². The molecule has 2 aromatic heterocycles. The van der Waals surface area contributed by atoms with E-state index in [0.29, 0.717) is 12.5 Å². The van der Waals surface area contributed by atoms with Crippen LogP contribution in [-0.2, 0) is 11.3 Å². The molecule has 3 aromatic rings. The van der Waals surface area contributed by atoms with Crippen molar-refractivity contribution in [3.63, 3.8) is 0 Å². The van der Waals surface area contributed by atoms with Crippen molar-refractivity contribution in [3.8, 4) is 22.5 Å². The molecule has 0 aliphatic heterocycles. The lowest BCUT2D eigenvalue weighted by Gasteiger charge is -2.10. The number of aliphatic carboxylic acids is 1. The minimum absolute atomic E-state index is 0.0217. The van der Waals surface area contributed by atoms with Gasteiger partial charge in [0.05, 0.1) is 24.1 Å². The summed E-state index contributed by atoms with van der Waals surface area (Å²) < 4.78 is 1.84. The van der Waals surface area contributed by atoms with E-state index in [1.807, 2.05) is 41.8 Å². The van der Waals surface area contributed by atoms with E-state index < -0.39 is 5.97 Å². The topological polar surface area (TPSA) is 92.9 Å². The van der Waals surface area contributed by atoms with Crippen LogP contribution in [0.5, 0.6) is 0 Å². The fraction of sp³-hybridized carbons (Fsp3) is 0.222. The molecule has 7 nitrogen and oxygen atoms in total. The van der Waals surface area contributed by atoms with Gasteiger partial charge in [-0.15, -0.1) is 0 Å². The van der Waals surface area contributed by atoms with Crippen LogP contribution in [-0.4, -0.2) is 37.1 Å². The molecule has 1 aromatic carbocycles. The van der Waals surface area contributed by atoms with Gasteiger partial charge in [-0.1, -0.05) is 30.3 Å². The van der Waals surface area contributed by atoms with Gasteiger partial charge in [0.2, 0.25) is 5.95 Å². The lowest BCUT2D eigenvalue weighted by atomic mass is 10.1. The smallest absolute Gasteiger partial charge is 0.305 e. The fourth-order valence-corrected chi connectivity index (χ4v) is 2.58. The Kier molecular flexibility index (Phi) is 5.03. The minimum atomic E-state index is -0.848. The van der Waals surface area contributed by atoms with Gasteiger partial charge in [0, 0.05) is 36.6 Å². The first-order chi connectivity index (χ1) is 12.2. The Morgan fingerprint density at radius 1 is 1.12 bits per heavy atom. The van der Waals surface area contributed by atoms with Crippen molar-refractivity contribution >= 4 is 11.9 Å². The zero-order chi connectivity index (χ0) is 17.6. The number of hydrogen-bond donors (Lipinski definition) is 2. The molecule has 2 heterocycles. The SMILES string of the molecule is CCNc1ncc(-c2c(-c3ccccc3)ncn2CCC(=O)O)cn1. The lowest BCUT2D eigenvalue weighted by molar-refractivity contribution is -0.137. The Morgan fingerprint density at radius 3 is 2.48 bits per heavy atom. The number of carboxylic acids is 1. The van der Waals surface area contributed by atoms with E-state index in [9.17, 15) is 4.79 Å². The van der Waals surface area contributed by atoms with Gasteiger partial charge in [0.15, 0.2) is 0 Å². The van der Waals surface area contributed by atoms with Crippen molar-refractivity contribution in [3.05, 3.63) is 49.1 Å². The summed E-state index contributed by atoms with van der Waals surface area (Å²) in [4.78, 5) is 24.1. The molecule has 25 heavy (non-hydrogen) atoms. The summed E-state index contributed by atoms with van der Waals surface area (Å²) in [5.74, 6) is -0.288. The maximum absolute atomic E-state index is 10.9. The van der Waals surface area contributed by atoms with Crippen LogP contribution in [0.25, 0.3) is 22.5 Å². The number of hydrogen-bond acceptors (Lipinski definition) is 5. The molecule has 0 atom stereocenters. The van der Waals surface area contributed by atoms with Crippen molar-refractivity contribution in [2.75, 3.05) is 11.9 Å². The van der Waals surface area contributed by atoms with Crippen LogP contribution in [0.4, 0.5) is 5.95 Å². The molecule has 0 unspecified atom stereocenters. The molecular formula is C18H19N5O2. The van der Waals surface area contributed by atoms with Crippen molar-refractivity contribution in [2.24, 2.45) is 0 Å². The summed E-state index contributed by atoms with van der Waals surface area (Å²) in [5.41, 5.74) is 3.35. The monoisotopic (exact) mass is 337 g/mol. The molecule has 0 bridgehead atoms.